The Bertz CT molecular complexity index is 581. The Morgan fingerprint density at radius 2 is 2.06 bits per heavy atom. The number of hydrogen-bond donors (Lipinski definition) is 1. The molecule has 0 saturated carbocycles. The quantitative estimate of drug-likeness (QED) is 0.655. The van der Waals surface area contributed by atoms with Crippen molar-refractivity contribution in [2.75, 3.05) is 5.73 Å². The molecule has 0 atom stereocenters. The fourth-order valence-corrected chi connectivity index (χ4v) is 1.69. The first-order chi connectivity index (χ1) is 8.08. The van der Waals surface area contributed by atoms with E-state index in [9.17, 15) is 4.79 Å². The van der Waals surface area contributed by atoms with E-state index in [0.717, 1.165) is 5.56 Å². The number of benzene rings is 1. The molecule has 0 radical (unpaired) electrons. The third kappa shape index (κ3) is 2.45. The molecule has 0 saturated heterocycles. The maximum absolute atomic E-state index is 12.2. The second-order valence-electron chi connectivity index (χ2n) is 3.78. The topological polar surface area (TPSA) is 56.0 Å². The molecule has 0 bridgehead atoms. The van der Waals surface area contributed by atoms with Crippen LogP contribution in [0.3, 0.4) is 0 Å². The Morgan fingerprint density at radius 1 is 1.29 bits per heavy atom. The minimum absolute atomic E-state index is 0.214. The summed E-state index contributed by atoms with van der Waals surface area (Å²) in [5.41, 5.74) is 7.97. The molecule has 3 nitrogen and oxygen atoms in total. The monoisotopic (exact) mass is 246 g/mol. The average molecular weight is 247 g/mol. The van der Waals surface area contributed by atoms with Gasteiger partial charge in [0.1, 0.15) is 5.69 Å². The fraction of sp³-hybridized carbons (Fsp3) is 0.0769. The van der Waals surface area contributed by atoms with Crippen LogP contribution in [-0.2, 0) is 0 Å². The number of halogens is 1. The minimum Gasteiger partial charge on any atom is -0.398 e. The van der Waals surface area contributed by atoms with Gasteiger partial charge in [0.25, 0.3) is 0 Å². The predicted molar refractivity (Wildman–Crippen MR) is 68.3 cm³/mol. The zero-order chi connectivity index (χ0) is 12.4. The number of nitrogens with two attached hydrogens (primary N) is 1. The second kappa shape index (κ2) is 4.55. The maximum Gasteiger partial charge on any atom is 0.213 e. The molecule has 0 fully saturated rings. The van der Waals surface area contributed by atoms with Gasteiger partial charge in [-0.15, -0.1) is 0 Å². The van der Waals surface area contributed by atoms with Crippen molar-refractivity contribution in [3.05, 3.63) is 58.4 Å². The molecule has 0 aliphatic rings. The van der Waals surface area contributed by atoms with Crippen LogP contribution < -0.4 is 5.73 Å². The van der Waals surface area contributed by atoms with Crippen LogP contribution in [0.4, 0.5) is 5.69 Å². The summed E-state index contributed by atoms with van der Waals surface area (Å²) in [6.45, 7) is 1.90. The maximum atomic E-state index is 12.2. The number of nitrogen functional groups attached to an aromatic ring is 1. The van der Waals surface area contributed by atoms with Crippen molar-refractivity contribution in [1.82, 2.24) is 4.98 Å². The number of ketones is 1. The molecule has 1 aromatic carbocycles. The van der Waals surface area contributed by atoms with Gasteiger partial charge in [-0.3, -0.25) is 9.78 Å². The largest absolute Gasteiger partial charge is 0.398 e. The number of aromatic nitrogens is 1. The first-order valence-electron chi connectivity index (χ1n) is 5.10. The molecule has 17 heavy (non-hydrogen) atoms. The van der Waals surface area contributed by atoms with Crippen molar-refractivity contribution in [1.29, 1.82) is 0 Å². The third-order valence-electron chi connectivity index (χ3n) is 2.41. The summed E-state index contributed by atoms with van der Waals surface area (Å²) in [6, 6.07) is 8.48. The van der Waals surface area contributed by atoms with Crippen LogP contribution in [0.5, 0.6) is 0 Å². The number of pyridine rings is 1. The number of aryl methyl sites for hydroxylation is 1. The van der Waals surface area contributed by atoms with Gasteiger partial charge in [-0.1, -0.05) is 23.2 Å². The second-order valence-corrected chi connectivity index (χ2v) is 4.22. The lowest BCUT2D eigenvalue weighted by molar-refractivity contribution is 0.103. The molecule has 0 aliphatic heterocycles. The van der Waals surface area contributed by atoms with Crippen LogP contribution in [0, 0.1) is 6.92 Å². The summed E-state index contributed by atoms with van der Waals surface area (Å²) in [6.07, 6.45) is 1.50. The lowest BCUT2D eigenvalue weighted by atomic mass is 10.0. The van der Waals surface area contributed by atoms with Gasteiger partial charge < -0.3 is 5.73 Å². The van der Waals surface area contributed by atoms with Gasteiger partial charge in [0, 0.05) is 22.5 Å². The zero-order valence-electron chi connectivity index (χ0n) is 9.27. The van der Waals surface area contributed by atoms with Crippen molar-refractivity contribution in [2.45, 2.75) is 6.92 Å². The minimum atomic E-state index is -0.214. The Labute approximate surface area is 104 Å². The zero-order valence-corrected chi connectivity index (χ0v) is 10.0. The lowest BCUT2D eigenvalue weighted by Gasteiger charge is -2.05. The summed E-state index contributed by atoms with van der Waals surface area (Å²) in [5, 5.41) is 0.481. The Hall–Kier alpha value is -1.87. The van der Waals surface area contributed by atoms with Crippen molar-refractivity contribution < 1.29 is 4.79 Å². The van der Waals surface area contributed by atoms with Gasteiger partial charge in [0.2, 0.25) is 5.78 Å². The molecule has 1 aromatic heterocycles. The molecule has 1 heterocycles. The summed E-state index contributed by atoms with van der Waals surface area (Å²) in [7, 11) is 0. The number of anilines is 1. The summed E-state index contributed by atoms with van der Waals surface area (Å²) < 4.78 is 0. The van der Waals surface area contributed by atoms with E-state index in [4.69, 9.17) is 17.3 Å². The van der Waals surface area contributed by atoms with E-state index in [1.54, 1.807) is 18.2 Å². The highest BCUT2D eigenvalue weighted by atomic mass is 35.5. The van der Waals surface area contributed by atoms with E-state index < -0.39 is 0 Å². The summed E-state index contributed by atoms with van der Waals surface area (Å²) in [5.74, 6) is -0.214. The van der Waals surface area contributed by atoms with Crippen LogP contribution in [0.1, 0.15) is 21.6 Å². The molecule has 2 N–H and O–H groups in total. The Balaban J connectivity index is 2.47. The van der Waals surface area contributed by atoms with Crippen molar-refractivity contribution >= 4 is 23.1 Å². The molecular formula is C13H11ClN2O. The van der Waals surface area contributed by atoms with Crippen LogP contribution in [0.25, 0.3) is 0 Å². The summed E-state index contributed by atoms with van der Waals surface area (Å²) in [4.78, 5) is 16.2. The van der Waals surface area contributed by atoms with Gasteiger partial charge >= 0.3 is 0 Å². The number of rotatable bonds is 2. The Kier molecular flexibility index (Phi) is 3.11. The highest BCUT2D eigenvalue weighted by molar-refractivity contribution is 6.31. The predicted octanol–water partition coefficient (Wildman–Crippen LogP) is 2.86. The van der Waals surface area contributed by atoms with Crippen molar-refractivity contribution in [3.8, 4) is 0 Å². The van der Waals surface area contributed by atoms with Gasteiger partial charge in [-0.2, -0.15) is 0 Å². The molecule has 0 amide bonds. The molecular weight excluding hydrogens is 236 g/mol. The third-order valence-corrected chi connectivity index (χ3v) is 2.64. The highest BCUT2D eigenvalue weighted by Crippen LogP contribution is 2.18. The van der Waals surface area contributed by atoms with E-state index in [0.29, 0.717) is 22.0 Å². The van der Waals surface area contributed by atoms with Crippen LogP contribution >= 0.6 is 11.6 Å². The summed E-state index contributed by atoms with van der Waals surface area (Å²) >= 11 is 5.82. The standard InChI is InChI=1S/C13H11ClN2O/c1-8-2-3-11(15)10(6-8)13(17)12-7-9(14)4-5-16-12/h2-7H,15H2,1H3. The Morgan fingerprint density at radius 3 is 2.76 bits per heavy atom. The molecule has 2 aromatic rings. The van der Waals surface area contributed by atoms with E-state index in [-0.39, 0.29) is 5.78 Å². The molecule has 2 rings (SSSR count). The van der Waals surface area contributed by atoms with Gasteiger partial charge in [0.05, 0.1) is 0 Å². The van der Waals surface area contributed by atoms with Crippen LogP contribution in [0.15, 0.2) is 36.5 Å². The number of nitrogens with zero attached hydrogens (tertiary/aromatic N) is 1. The van der Waals surface area contributed by atoms with Gasteiger partial charge in [0.15, 0.2) is 0 Å². The van der Waals surface area contributed by atoms with Crippen LogP contribution in [-0.4, -0.2) is 10.8 Å². The molecule has 0 aliphatic carbocycles. The average Bonchev–Trinajstić information content (AvgIpc) is 2.31. The molecule has 86 valence electrons. The van der Waals surface area contributed by atoms with Crippen molar-refractivity contribution in [3.63, 3.8) is 0 Å². The number of carbonyl (C=O) groups excluding carboxylic acids is 1. The van der Waals surface area contributed by atoms with E-state index in [2.05, 4.69) is 4.98 Å². The van der Waals surface area contributed by atoms with Gasteiger partial charge in [-0.05, 0) is 31.2 Å². The first-order valence-corrected chi connectivity index (χ1v) is 5.48. The SMILES string of the molecule is Cc1ccc(N)c(C(=O)c2cc(Cl)ccn2)c1. The fourth-order valence-electron chi connectivity index (χ4n) is 1.53. The van der Waals surface area contributed by atoms with Gasteiger partial charge in [-0.25, -0.2) is 0 Å². The van der Waals surface area contributed by atoms with E-state index >= 15 is 0 Å². The first kappa shape index (κ1) is 11.6. The van der Waals surface area contributed by atoms with E-state index in [1.165, 1.54) is 12.3 Å². The van der Waals surface area contributed by atoms with Crippen molar-refractivity contribution in [2.24, 2.45) is 0 Å². The van der Waals surface area contributed by atoms with E-state index in [1.807, 2.05) is 13.0 Å². The lowest BCUT2D eigenvalue weighted by Crippen LogP contribution is -2.07. The molecule has 4 heteroatoms. The highest BCUT2D eigenvalue weighted by Gasteiger charge is 2.14. The normalized spacial score (nSPS) is 10.2. The number of carbonyl (C=O) groups is 1. The smallest absolute Gasteiger partial charge is 0.213 e. The number of hydrogen-bond acceptors (Lipinski definition) is 3. The molecule has 0 unspecified atom stereocenters. The molecule has 0 spiro atoms. The van der Waals surface area contributed by atoms with Crippen LogP contribution in [0.2, 0.25) is 5.02 Å².